The van der Waals surface area contributed by atoms with Gasteiger partial charge in [-0.15, -0.1) is 0 Å². The van der Waals surface area contributed by atoms with Crippen LogP contribution in [0.15, 0.2) is 95.9 Å². The highest BCUT2D eigenvalue weighted by molar-refractivity contribution is 7.92. The summed E-state index contributed by atoms with van der Waals surface area (Å²) in [6, 6.07) is 23.9. The number of carbonyl (C=O) groups is 2. The van der Waals surface area contributed by atoms with Crippen molar-refractivity contribution in [3.8, 4) is 5.75 Å². The molecule has 0 aliphatic carbocycles. The Morgan fingerprint density at radius 3 is 2.19 bits per heavy atom. The Kier molecular flexibility index (Phi) is 12.6. The van der Waals surface area contributed by atoms with Gasteiger partial charge in [-0.05, 0) is 66.9 Å². The van der Waals surface area contributed by atoms with Crippen molar-refractivity contribution < 1.29 is 22.7 Å². The normalized spacial score (nSPS) is 11.9. The van der Waals surface area contributed by atoms with Crippen LogP contribution in [-0.2, 0) is 32.6 Å². The van der Waals surface area contributed by atoms with Gasteiger partial charge in [-0.2, -0.15) is 0 Å². The number of ether oxygens (including phenoxy) is 1. The lowest BCUT2D eigenvalue weighted by atomic mass is 10.0. The van der Waals surface area contributed by atoms with Crippen LogP contribution in [0.5, 0.6) is 5.75 Å². The lowest BCUT2D eigenvalue weighted by Crippen LogP contribution is -2.53. The summed E-state index contributed by atoms with van der Waals surface area (Å²) < 4.78 is 35.1. The molecule has 248 valence electrons. The molecule has 0 saturated heterocycles. The molecule has 0 unspecified atom stereocenters. The Bertz CT molecular complexity index is 1810. The fourth-order valence-corrected chi connectivity index (χ4v) is 7.01. The lowest BCUT2D eigenvalue weighted by molar-refractivity contribution is -0.140. The number of nitrogens with zero attached hydrogens (tertiary/aromatic N) is 2. The molecule has 0 heterocycles. The average Bonchev–Trinajstić information content (AvgIpc) is 3.05. The van der Waals surface area contributed by atoms with Gasteiger partial charge in [-0.1, -0.05) is 95.8 Å². The first-order valence-corrected chi connectivity index (χ1v) is 17.5. The van der Waals surface area contributed by atoms with Crippen molar-refractivity contribution in [3.63, 3.8) is 0 Å². The number of carbonyl (C=O) groups excluding carboxylic acids is 2. The van der Waals surface area contributed by atoms with Crippen molar-refractivity contribution in [1.29, 1.82) is 0 Å². The zero-order chi connectivity index (χ0) is 34.1. The highest BCUT2D eigenvalue weighted by Gasteiger charge is 2.36. The maximum Gasteiger partial charge on any atom is 0.264 e. The van der Waals surface area contributed by atoms with Crippen LogP contribution in [0, 0.1) is 6.92 Å². The lowest BCUT2D eigenvalue weighted by Gasteiger charge is -2.34. The summed E-state index contributed by atoms with van der Waals surface area (Å²) in [5.74, 6) is -0.851. The molecule has 0 radical (unpaired) electrons. The third-order valence-corrected chi connectivity index (χ3v) is 10.1. The minimum atomic E-state index is -4.35. The van der Waals surface area contributed by atoms with Crippen molar-refractivity contribution in [2.24, 2.45) is 0 Å². The molecule has 47 heavy (non-hydrogen) atoms. The number of nitrogens with one attached hydrogen (secondary N) is 1. The van der Waals surface area contributed by atoms with E-state index >= 15 is 0 Å². The van der Waals surface area contributed by atoms with E-state index in [1.54, 1.807) is 36.4 Å². The van der Waals surface area contributed by atoms with Crippen LogP contribution in [0.3, 0.4) is 0 Å². The Labute approximate surface area is 291 Å². The molecule has 4 rings (SSSR count). The molecule has 1 atom stereocenters. The Balaban J connectivity index is 1.86. The molecule has 0 aliphatic heterocycles. The smallest absolute Gasteiger partial charge is 0.264 e. The number of sulfonamides is 1. The zero-order valence-corrected chi connectivity index (χ0v) is 29.3. The number of methoxy groups -OCH3 is 1. The summed E-state index contributed by atoms with van der Waals surface area (Å²) in [5, 5.41) is 3.85. The van der Waals surface area contributed by atoms with E-state index in [4.69, 9.17) is 39.5 Å². The van der Waals surface area contributed by atoms with E-state index in [2.05, 4.69) is 5.32 Å². The molecule has 12 heteroatoms. The van der Waals surface area contributed by atoms with Gasteiger partial charge in [0, 0.05) is 34.6 Å². The van der Waals surface area contributed by atoms with E-state index in [0.717, 1.165) is 15.4 Å². The van der Waals surface area contributed by atoms with Gasteiger partial charge in [-0.3, -0.25) is 13.9 Å². The van der Waals surface area contributed by atoms with Crippen LogP contribution in [0.4, 0.5) is 5.69 Å². The predicted octanol–water partition coefficient (Wildman–Crippen LogP) is 7.33. The number of amides is 2. The predicted molar refractivity (Wildman–Crippen MR) is 188 cm³/mol. The topological polar surface area (TPSA) is 96.0 Å². The van der Waals surface area contributed by atoms with E-state index in [0.29, 0.717) is 28.6 Å². The van der Waals surface area contributed by atoms with Gasteiger partial charge in [0.25, 0.3) is 10.0 Å². The molecule has 0 fully saturated rings. The van der Waals surface area contributed by atoms with Gasteiger partial charge in [0.2, 0.25) is 11.8 Å². The van der Waals surface area contributed by atoms with Gasteiger partial charge < -0.3 is 15.0 Å². The quantitative estimate of drug-likeness (QED) is 0.148. The Morgan fingerprint density at radius 2 is 1.55 bits per heavy atom. The minimum absolute atomic E-state index is 0.0354. The first-order chi connectivity index (χ1) is 22.4. The van der Waals surface area contributed by atoms with Crippen molar-refractivity contribution in [2.75, 3.05) is 24.5 Å². The van der Waals surface area contributed by atoms with Crippen LogP contribution >= 0.6 is 34.8 Å². The molecule has 4 aromatic carbocycles. The van der Waals surface area contributed by atoms with Gasteiger partial charge in [0.05, 0.1) is 17.7 Å². The zero-order valence-electron chi connectivity index (χ0n) is 26.3. The molecular weight excluding hydrogens is 681 g/mol. The highest BCUT2D eigenvalue weighted by Crippen LogP contribution is 2.35. The fourth-order valence-electron chi connectivity index (χ4n) is 4.96. The van der Waals surface area contributed by atoms with Crippen LogP contribution in [0.2, 0.25) is 15.1 Å². The van der Waals surface area contributed by atoms with E-state index in [1.807, 2.05) is 44.2 Å². The number of hydrogen-bond acceptors (Lipinski definition) is 5. The number of benzene rings is 4. The maximum atomic E-state index is 14.6. The molecule has 0 aliphatic rings. The third-order valence-electron chi connectivity index (χ3n) is 7.47. The number of rotatable bonds is 14. The largest absolute Gasteiger partial charge is 0.495 e. The summed E-state index contributed by atoms with van der Waals surface area (Å²) >= 11 is 19.1. The second kappa shape index (κ2) is 16.4. The Hall–Kier alpha value is -3.76. The van der Waals surface area contributed by atoms with Gasteiger partial charge in [-0.25, -0.2) is 8.42 Å². The molecule has 0 saturated carbocycles. The molecule has 2 amide bonds. The molecular formula is C35H36Cl3N3O5S. The first kappa shape index (κ1) is 36.1. The highest BCUT2D eigenvalue weighted by atomic mass is 35.5. The van der Waals surface area contributed by atoms with E-state index in [9.17, 15) is 18.0 Å². The summed E-state index contributed by atoms with van der Waals surface area (Å²) in [6.07, 6.45) is 0.844. The molecule has 0 spiro atoms. The number of halogens is 3. The van der Waals surface area contributed by atoms with Crippen molar-refractivity contribution in [1.82, 2.24) is 10.2 Å². The van der Waals surface area contributed by atoms with Crippen LogP contribution in [-0.4, -0.2) is 51.4 Å². The monoisotopic (exact) mass is 715 g/mol. The van der Waals surface area contributed by atoms with E-state index < -0.39 is 28.5 Å². The maximum absolute atomic E-state index is 14.6. The SMILES string of the molecule is CCCNC(=O)[C@@H](Cc1ccccc1)N(Cc1ccc(Cl)cc1Cl)C(=O)CN(c1cc(Cl)ccc1OC)S(=O)(=O)c1ccc(C)cc1. The fraction of sp³-hybridized carbons (Fsp3) is 0.257. The second-order valence-electron chi connectivity index (χ2n) is 10.9. The minimum Gasteiger partial charge on any atom is -0.495 e. The summed E-state index contributed by atoms with van der Waals surface area (Å²) in [7, 11) is -2.95. The number of hydrogen-bond donors (Lipinski definition) is 1. The standard InChI is InChI=1S/C35H36Cl3N3O5S/c1-4-18-39-35(43)32(19-25-8-6-5-7-9-25)40(22-26-12-13-27(36)20-30(26)38)34(42)23-41(31-21-28(37)14-17-33(31)46-3)47(44,45)29-15-10-24(2)11-16-29/h5-17,20-21,32H,4,18-19,22-23H2,1-3H3,(H,39,43)/t32-/m1/s1. The van der Waals surface area contributed by atoms with Gasteiger partial charge >= 0.3 is 0 Å². The molecule has 1 N–H and O–H groups in total. The summed E-state index contributed by atoms with van der Waals surface area (Å²) in [4.78, 5) is 29.8. The molecule has 8 nitrogen and oxygen atoms in total. The van der Waals surface area contributed by atoms with Crippen molar-refractivity contribution in [3.05, 3.63) is 123 Å². The average molecular weight is 717 g/mol. The van der Waals surface area contributed by atoms with Crippen LogP contribution in [0.1, 0.15) is 30.0 Å². The Morgan fingerprint density at radius 1 is 0.894 bits per heavy atom. The van der Waals surface area contributed by atoms with Gasteiger partial charge in [0.15, 0.2) is 0 Å². The number of anilines is 1. The van der Waals surface area contributed by atoms with Crippen molar-refractivity contribution in [2.45, 2.75) is 44.2 Å². The van der Waals surface area contributed by atoms with Crippen LogP contribution < -0.4 is 14.4 Å². The van der Waals surface area contributed by atoms with Gasteiger partial charge in [0.1, 0.15) is 18.3 Å². The molecule has 4 aromatic rings. The summed E-state index contributed by atoms with van der Waals surface area (Å²) in [6.45, 7) is 3.38. The van der Waals surface area contributed by atoms with Crippen molar-refractivity contribution >= 4 is 62.3 Å². The number of aryl methyl sites for hydroxylation is 1. The third kappa shape index (κ3) is 9.20. The second-order valence-corrected chi connectivity index (χ2v) is 14.0. The van der Waals surface area contributed by atoms with E-state index in [1.165, 1.54) is 36.3 Å². The van der Waals surface area contributed by atoms with Crippen LogP contribution in [0.25, 0.3) is 0 Å². The first-order valence-electron chi connectivity index (χ1n) is 14.9. The van der Waals surface area contributed by atoms with E-state index in [-0.39, 0.29) is 40.2 Å². The molecule has 0 aromatic heterocycles. The molecule has 0 bridgehead atoms. The summed E-state index contributed by atoms with van der Waals surface area (Å²) in [5.41, 5.74) is 2.26.